The number of nitrogen functional groups attached to an aromatic ring is 1. The van der Waals surface area contributed by atoms with E-state index in [0.29, 0.717) is 17.4 Å². The molecule has 0 saturated carbocycles. The maximum atomic E-state index is 6.01. The molecule has 6 nitrogen and oxygen atoms in total. The molecule has 2 aromatic rings. The molecule has 2 rings (SSSR count). The molecule has 2 heterocycles. The molecule has 0 aliphatic carbocycles. The minimum atomic E-state index is 0.263. The van der Waals surface area contributed by atoms with Gasteiger partial charge in [-0.2, -0.15) is 5.10 Å². The molecule has 92 valence electrons. The third-order valence-electron chi connectivity index (χ3n) is 2.49. The van der Waals surface area contributed by atoms with Crippen molar-refractivity contribution >= 4 is 5.69 Å². The third-order valence-corrected chi connectivity index (χ3v) is 2.49. The molecule has 0 spiro atoms. The zero-order chi connectivity index (χ0) is 12.6. The topological polar surface area (TPSA) is 81.8 Å². The van der Waals surface area contributed by atoms with Gasteiger partial charge in [-0.1, -0.05) is 13.8 Å². The van der Waals surface area contributed by atoms with Gasteiger partial charge in [0.2, 0.25) is 11.8 Å². The molecule has 0 aliphatic heterocycles. The Morgan fingerprint density at radius 2 is 2.18 bits per heavy atom. The van der Waals surface area contributed by atoms with Gasteiger partial charge in [-0.15, -0.1) is 5.10 Å². The molecule has 17 heavy (non-hydrogen) atoms. The lowest BCUT2D eigenvalue weighted by Gasteiger charge is -2.03. The van der Waals surface area contributed by atoms with Crippen LogP contribution in [0, 0.1) is 6.92 Å². The van der Waals surface area contributed by atoms with E-state index in [9.17, 15) is 0 Å². The number of ether oxygens (including phenoxy) is 1. The first-order valence-corrected chi connectivity index (χ1v) is 5.51. The number of nitrogens with zero attached hydrogens (tertiary/aromatic N) is 3. The zero-order valence-corrected chi connectivity index (χ0v) is 10.5. The van der Waals surface area contributed by atoms with E-state index in [0.717, 1.165) is 11.4 Å². The van der Waals surface area contributed by atoms with E-state index < -0.39 is 0 Å². The van der Waals surface area contributed by atoms with Crippen molar-refractivity contribution in [3.05, 3.63) is 17.5 Å². The van der Waals surface area contributed by atoms with Crippen LogP contribution in [0.2, 0.25) is 0 Å². The fourth-order valence-corrected chi connectivity index (χ4v) is 1.64. The lowest BCUT2D eigenvalue weighted by Crippen LogP contribution is -1.97. The number of rotatable bonds is 3. The summed E-state index contributed by atoms with van der Waals surface area (Å²) < 4.78 is 7.26. The maximum absolute atomic E-state index is 6.01. The Hall–Kier alpha value is -1.98. The number of hydrogen-bond donors (Lipinski definition) is 2. The quantitative estimate of drug-likeness (QED) is 0.851. The molecule has 0 atom stereocenters. The van der Waals surface area contributed by atoms with Crippen LogP contribution < -0.4 is 10.5 Å². The average Bonchev–Trinajstić information content (AvgIpc) is 2.77. The van der Waals surface area contributed by atoms with Crippen LogP contribution in [0.25, 0.3) is 0 Å². The van der Waals surface area contributed by atoms with Crippen LogP contribution in [0.4, 0.5) is 5.69 Å². The van der Waals surface area contributed by atoms with E-state index in [1.54, 1.807) is 11.7 Å². The lowest BCUT2D eigenvalue weighted by molar-refractivity contribution is 0.416. The summed E-state index contributed by atoms with van der Waals surface area (Å²) in [6.45, 7) is 5.99. The van der Waals surface area contributed by atoms with E-state index >= 15 is 0 Å². The van der Waals surface area contributed by atoms with Gasteiger partial charge in [0.1, 0.15) is 5.69 Å². The van der Waals surface area contributed by atoms with Crippen LogP contribution in [0.5, 0.6) is 11.8 Å². The van der Waals surface area contributed by atoms with Gasteiger partial charge >= 0.3 is 0 Å². The standard InChI is InChI=1S/C11H17N5O/c1-6(2)10-9(12)11(16(4)15-10)17-8-5-7(3)13-14-8/h5-6H,12H2,1-4H3,(H,13,14). The van der Waals surface area contributed by atoms with Crippen molar-refractivity contribution in [1.29, 1.82) is 0 Å². The van der Waals surface area contributed by atoms with E-state index in [-0.39, 0.29) is 5.92 Å². The molecule has 6 heteroatoms. The molecule has 0 radical (unpaired) electrons. The second-order valence-corrected chi connectivity index (χ2v) is 4.37. The van der Waals surface area contributed by atoms with Crippen LogP contribution in [0.15, 0.2) is 6.07 Å². The highest BCUT2D eigenvalue weighted by molar-refractivity contribution is 5.55. The molecule has 0 saturated heterocycles. The molecule has 0 bridgehead atoms. The highest BCUT2D eigenvalue weighted by atomic mass is 16.5. The first-order valence-electron chi connectivity index (χ1n) is 5.51. The summed E-state index contributed by atoms with van der Waals surface area (Å²) in [6, 6.07) is 1.81. The normalized spacial score (nSPS) is 11.1. The van der Waals surface area contributed by atoms with Gasteiger partial charge in [-0.05, 0) is 12.8 Å². The lowest BCUT2D eigenvalue weighted by atomic mass is 10.1. The Morgan fingerprint density at radius 3 is 2.65 bits per heavy atom. The first-order chi connectivity index (χ1) is 7.99. The van der Waals surface area contributed by atoms with Crippen LogP contribution in [-0.4, -0.2) is 20.0 Å². The molecule has 0 fully saturated rings. The molecule has 3 N–H and O–H groups in total. The Bertz CT molecular complexity index is 526. The van der Waals surface area contributed by atoms with Crippen LogP contribution in [-0.2, 0) is 7.05 Å². The summed E-state index contributed by atoms with van der Waals surface area (Å²) >= 11 is 0. The Morgan fingerprint density at radius 1 is 1.47 bits per heavy atom. The Labute approximate surface area is 99.8 Å². The maximum Gasteiger partial charge on any atom is 0.243 e. The summed E-state index contributed by atoms with van der Waals surface area (Å²) in [5.74, 6) is 1.28. The van der Waals surface area contributed by atoms with Crippen molar-refractivity contribution in [3.63, 3.8) is 0 Å². The second kappa shape index (κ2) is 4.12. The van der Waals surface area contributed by atoms with E-state index in [1.165, 1.54) is 0 Å². The number of aryl methyl sites for hydroxylation is 2. The van der Waals surface area contributed by atoms with Gasteiger partial charge in [0.05, 0.1) is 5.69 Å². The van der Waals surface area contributed by atoms with Crippen LogP contribution >= 0.6 is 0 Å². The summed E-state index contributed by atoms with van der Waals surface area (Å²) in [6.07, 6.45) is 0. The van der Waals surface area contributed by atoms with E-state index in [4.69, 9.17) is 10.5 Å². The van der Waals surface area contributed by atoms with Crippen LogP contribution in [0.3, 0.4) is 0 Å². The van der Waals surface area contributed by atoms with Gasteiger partial charge in [0.15, 0.2) is 0 Å². The van der Waals surface area contributed by atoms with E-state index in [2.05, 4.69) is 15.3 Å². The number of aromatic amines is 1. The van der Waals surface area contributed by atoms with Crippen molar-refractivity contribution in [2.75, 3.05) is 5.73 Å². The molecular formula is C11H17N5O. The predicted molar refractivity (Wildman–Crippen MR) is 65.1 cm³/mol. The predicted octanol–water partition coefficient (Wildman–Crippen LogP) is 1.95. The van der Waals surface area contributed by atoms with Gasteiger partial charge in [-0.25, -0.2) is 4.68 Å². The number of nitrogens with two attached hydrogens (primary N) is 1. The van der Waals surface area contributed by atoms with Gasteiger partial charge in [0, 0.05) is 18.8 Å². The Kier molecular flexibility index (Phi) is 2.79. The van der Waals surface area contributed by atoms with Crippen molar-refractivity contribution < 1.29 is 4.74 Å². The van der Waals surface area contributed by atoms with Gasteiger partial charge in [0.25, 0.3) is 0 Å². The molecule has 0 aromatic carbocycles. The summed E-state index contributed by atoms with van der Waals surface area (Å²) in [5.41, 5.74) is 8.36. The number of aromatic nitrogens is 4. The summed E-state index contributed by atoms with van der Waals surface area (Å²) in [4.78, 5) is 0. The average molecular weight is 235 g/mol. The summed E-state index contributed by atoms with van der Waals surface area (Å²) in [5, 5.41) is 11.2. The van der Waals surface area contributed by atoms with E-state index in [1.807, 2.05) is 26.8 Å². The minimum Gasteiger partial charge on any atom is -0.417 e. The van der Waals surface area contributed by atoms with Crippen molar-refractivity contribution in [2.45, 2.75) is 26.7 Å². The fourth-order valence-electron chi connectivity index (χ4n) is 1.64. The number of anilines is 1. The van der Waals surface area contributed by atoms with Crippen molar-refractivity contribution in [3.8, 4) is 11.8 Å². The van der Waals surface area contributed by atoms with Gasteiger partial charge < -0.3 is 10.5 Å². The number of nitrogens with one attached hydrogen (secondary N) is 1. The van der Waals surface area contributed by atoms with Crippen molar-refractivity contribution in [1.82, 2.24) is 20.0 Å². The first kappa shape index (κ1) is 11.5. The number of hydrogen-bond acceptors (Lipinski definition) is 4. The largest absolute Gasteiger partial charge is 0.417 e. The minimum absolute atomic E-state index is 0.263. The molecule has 0 aliphatic rings. The third kappa shape index (κ3) is 2.11. The molecule has 2 aromatic heterocycles. The summed E-state index contributed by atoms with van der Waals surface area (Å²) in [7, 11) is 1.80. The fraction of sp³-hybridized carbons (Fsp3) is 0.455. The molecular weight excluding hydrogens is 218 g/mol. The zero-order valence-electron chi connectivity index (χ0n) is 10.5. The number of H-pyrrole nitrogens is 1. The second-order valence-electron chi connectivity index (χ2n) is 4.37. The molecule has 0 unspecified atom stereocenters. The van der Waals surface area contributed by atoms with Crippen molar-refractivity contribution in [2.24, 2.45) is 7.05 Å². The highest BCUT2D eigenvalue weighted by Gasteiger charge is 2.18. The smallest absolute Gasteiger partial charge is 0.243 e. The van der Waals surface area contributed by atoms with Gasteiger partial charge in [-0.3, -0.25) is 5.10 Å². The Balaban J connectivity index is 2.33. The molecule has 0 amide bonds. The monoisotopic (exact) mass is 235 g/mol. The SMILES string of the molecule is Cc1cc(Oc2c(N)c(C(C)C)nn2C)n[nH]1. The highest BCUT2D eigenvalue weighted by Crippen LogP contribution is 2.32. The van der Waals surface area contributed by atoms with Crippen LogP contribution in [0.1, 0.15) is 31.2 Å².